The van der Waals surface area contributed by atoms with Crippen LogP contribution in [0.4, 0.5) is 17.6 Å². The van der Waals surface area contributed by atoms with Gasteiger partial charge in [-0.05, 0) is 57.0 Å². The van der Waals surface area contributed by atoms with Gasteiger partial charge in [0.1, 0.15) is 5.82 Å². The molecule has 37 heavy (non-hydrogen) atoms. The number of carboxylic acids is 1. The van der Waals surface area contributed by atoms with Gasteiger partial charge in [0.2, 0.25) is 0 Å². The Labute approximate surface area is 209 Å². The largest absolute Gasteiger partial charge is 0.490 e. The molecule has 4 rings (SSSR count). The van der Waals surface area contributed by atoms with Crippen molar-refractivity contribution in [2.24, 2.45) is 0 Å². The third kappa shape index (κ3) is 7.42. The van der Waals surface area contributed by atoms with E-state index in [1.165, 1.54) is 12.1 Å². The van der Waals surface area contributed by atoms with Crippen LogP contribution in [0.5, 0.6) is 0 Å². The lowest BCUT2D eigenvalue weighted by molar-refractivity contribution is -0.192. The zero-order chi connectivity index (χ0) is 27.3. The van der Waals surface area contributed by atoms with Crippen LogP contribution in [0.1, 0.15) is 41.7 Å². The molecule has 200 valence electrons. The summed E-state index contributed by atoms with van der Waals surface area (Å²) in [6.07, 6.45) is -3.47. The molecule has 8 nitrogen and oxygen atoms in total. The second-order valence-corrected chi connectivity index (χ2v) is 9.04. The minimum atomic E-state index is -5.08. The summed E-state index contributed by atoms with van der Waals surface area (Å²) in [4.78, 5) is 38.8. The summed E-state index contributed by atoms with van der Waals surface area (Å²) in [5.74, 6) is -3.16. The van der Waals surface area contributed by atoms with Gasteiger partial charge in [-0.2, -0.15) is 13.2 Å². The van der Waals surface area contributed by atoms with Gasteiger partial charge < -0.3 is 20.3 Å². The molecule has 1 fully saturated rings. The van der Waals surface area contributed by atoms with Gasteiger partial charge in [0, 0.05) is 37.3 Å². The Balaban J connectivity index is 0.000000479. The number of carbonyl (C=O) groups is 2. The molecule has 3 aromatic rings. The molecule has 0 bridgehead atoms. The first-order valence-corrected chi connectivity index (χ1v) is 11.6. The number of aliphatic carboxylic acids is 1. The highest BCUT2D eigenvalue weighted by Crippen LogP contribution is 2.25. The molecule has 1 saturated heterocycles. The molecular formula is C25H28F4N4O4. The molecule has 2 aromatic carbocycles. The van der Waals surface area contributed by atoms with Gasteiger partial charge in [0.25, 0.3) is 5.91 Å². The van der Waals surface area contributed by atoms with Crippen molar-refractivity contribution >= 4 is 22.9 Å². The van der Waals surface area contributed by atoms with Crippen molar-refractivity contribution in [1.82, 2.24) is 19.8 Å². The number of fused-ring (bicyclic) bond motifs is 1. The average molecular weight is 525 g/mol. The van der Waals surface area contributed by atoms with Gasteiger partial charge in [-0.25, -0.2) is 14.0 Å². The summed E-state index contributed by atoms with van der Waals surface area (Å²) in [6.45, 7) is 6.40. The maximum absolute atomic E-state index is 13.7. The van der Waals surface area contributed by atoms with Gasteiger partial charge in [0.05, 0.1) is 11.0 Å². The van der Waals surface area contributed by atoms with E-state index in [9.17, 15) is 27.2 Å². The second kappa shape index (κ2) is 11.6. The lowest BCUT2D eigenvalue weighted by Crippen LogP contribution is -2.45. The molecule has 1 aliphatic rings. The minimum Gasteiger partial charge on any atom is -0.475 e. The Morgan fingerprint density at radius 2 is 1.73 bits per heavy atom. The van der Waals surface area contributed by atoms with E-state index in [1.54, 1.807) is 10.6 Å². The van der Waals surface area contributed by atoms with Crippen LogP contribution in [-0.2, 0) is 4.79 Å². The third-order valence-electron chi connectivity index (χ3n) is 6.07. The van der Waals surface area contributed by atoms with E-state index in [1.807, 2.05) is 38.1 Å². The average Bonchev–Trinajstić information content (AvgIpc) is 3.14. The highest BCUT2D eigenvalue weighted by molar-refractivity contribution is 5.94. The van der Waals surface area contributed by atoms with Crippen LogP contribution in [0.3, 0.4) is 0 Å². The molecule has 2 heterocycles. The van der Waals surface area contributed by atoms with E-state index in [-0.39, 0.29) is 29.5 Å². The number of aromatic amines is 1. The highest BCUT2D eigenvalue weighted by Gasteiger charge is 2.38. The number of H-pyrrole nitrogens is 1. The summed E-state index contributed by atoms with van der Waals surface area (Å²) >= 11 is 0. The van der Waals surface area contributed by atoms with E-state index in [0.717, 1.165) is 38.0 Å². The first-order chi connectivity index (χ1) is 17.3. The molecule has 0 unspecified atom stereocenters. The number of imidazole rings is 1. The van der Waals surface area contributed by atoms with Crippen molar-refractivity contribution in [2.45, 2.75) is 44.9 Å². The van der Waals surface area contributed by atoms with Crippen LogP contribution >= 0.6 is 0 Å². The molecule has 3 N–H and O–H groups in total. The summed E-state index contributed by atoms with van der Waals surface area (Å²) in [5.41, 5.74) is 2.89. The topological polar surface area (TPSA) is 107 Å². The number of halogens is 4. The Morgan fingerprint density at radius 3 is 2.30 bits per heavy atom. The number of rotatable bonds is 5. The van der Waals surface area contributed by atoms with Crippen LogP contribution in [-0.4, -0.2) is 63.3 Å². The Kier molecular flexibility index (Phi) is 8.74. The number of alkyl halides is 3. The lowest BCUT2D eigenvalue weighted by Gasteiger charge is -2.34. The van der Waals surface area contributed by atoms with Crippen molar-refractivity contribution in [3.63, 3.8) is 0 Å². The highest BCUT2D eigenvalue weighted by atomic mass is 19.4. The van der Waals surface area contributed by atoms with Crippen LogP contribution < -0.4 is 11.0 Å². The summed E-state index contributed by atoms with van der Waals surface area (Å²) in [5, 5.41) is 10.2. The van der Waals surface area contributed by atoms with Gasteiger partial charge in [0.15, 0.2) is 0 Å². The number of aryl methyl sites for hydroxylation is 1. The normalized spacial score (nSPS) is 15.6. The van der Waals surface area contributed by atoms with Crippen molar-refractivity contribution in [2.75, 3.05) is 19.6 Å². The number of nitrogens with zero attached hydrogens (tertiary/aromatic N) is 2. The molecule has 1 aliphatic heterocycles. The summed E-state index contributed by atoms with van der Waals surface area (Å²) < 4.78 is 47.1. The lowest BCUT2D eigenvalue weighted by atomic mass is 10.0. The molecule has 0 radical (unpaired) electrons. The van der Waals surface area contributed by atoms with Crippen LogP contribution in [0.15, 0.2) is 47.3 Å². The maximum Gasteiger partial charge on any atom is 0.490 e. The van der Waals surface area contributed by atoms with Crippen molar-refractivity contribution in [3.8, 4) is 0 Å². The second-order valence-electron chi connectivity index (χ2n) is 9.04. The molecule has 1 amide bonds. The number of nitrogens with one attached hydrogen (secondary N) is 2. The smallest absolute Gasteiger partial charge is 0.475 e. The molecule has 0 saturated carbocycles. The Hall–Kier alpha value is -3.67. The number of carboxylic acid groups (broad SMARTS) is 1. The Morgan fingerprint density at radius 1 is 1.14 bits per heavy atom. The Bertz CT molecular complexity index is 1290. The van der Waals surface area contributed by atoms with E-state index in [0.29, 0.717) is 16.6 Å². The number of hydrogen-bond donors (Lipinski definition) is 3. The number of aromatic nitrogens is 2. The zero-order valence-electron chi connectivity index (χ0n) is 20.3. The predicted molar refractivity (Wildman–Crippen MR) is 129 cm³/mol. The number of benzene rings is 2. The third-order valence-corrected chi connectivity index (χ3v) is 6.07. The number of amides is 1. The number of hydrogen-bond acceptors (Lipinski definition) is 4. The molecular weight excluding hydrogens is 496 g/mol. The monoisotopic (exact) mass is 524 g/mol. The van der Waals surface area contributed by atoms with Crippen LogP contribution in [0, 0.1) is 12.7 Å². The molecule has 0 aliphatic carbocycles. The molecule has 0 spiro atoms. The van der Waals surface area contributed by atoms with E-state index in [2.05, 4.69) is 15.2 Å². The fourth-order valence-electron chi connectivity index (χ4n) is 4.26. The van der Waals surface area contributed by atoms with Gasteiger partial charge in [-0.15, -0.1) is 0 Å². The summed E-state index contributed by atoms with van der Waals surface area (Å²) in [7, 11) is 0. The standard InChI is InChI=1S/C23H27FN4O2.C2HF3O2/c1-15-3-5-17(6-4-15)22(29)25-16(2)14-27-11-9-19(10-12-27)28-21-13-18(24)7-8-20(21)26-23(28)30;3-2(4,5)1(6)7/h3-8,13,16,19H,9-12,14H2,1-2H3,(H,25,29)(H,26,30);(H,6,7)/t16-;/m0./s1. The van der Waals surface area contributed by atoms with Gasteiger partial charge in [-0.3, -0.25) is 9.36 Å². The molecule has 1 atom stereocenters. The van der Waals surface area contributed by atoms with Crippen molar-refractivity contribution < 1.29 is 32.3 Å². The SMILES string of the molecule is Cc1ccc(C(=O)N[C@@H](C)CN2CCC(n3c(=O)[nH]c4ccc(F)cc43)CC2)cc1.O=C(O)C(F)(F)F. The van der Waals surface area contributed by atoms with Crippen molar-refractivity contribution in [1.29, 1.82) is 0 Å². The van der Waals surface area contributed by atoms with E-state index < -0.39 is 12.1 Å². The number of piperidine rings is 1. The number of likely N-dealkylation sites (tertiary alicyclic amines) is 1. The van der Waals surface area contributed by atoms with E-state index in [4.69, 9.17) is 9.90 Å². The molecule has 1 aromatic heterocycles. The molecule has 12 heteroatoms. The fraction of sp³-hybridized carbons (Fsp3) is 0.400. The van der Waals surface area contributed by atoms with Crippen LogP contribution in [0.2, 0.25) is 0 Å². The van der Waals surface area contributed by atoms with Crippen LogP contribution in [0.25, 0.3) is 11.0 Å². The number of carbonyl (C=O) groups excluding carboxylic acids is 1. The summed E-state index contributed by atoms with van der Waals surface area (Å²) in [6, 6.07) is 12.0. The first-order valence-electron chi connectivity index (χ1n) is 11.6. The van der Waals surface area contributed by atoms with Gasteiger partial charge in [-0.1, -0.05) is 17.7 Å². The minimum absolute atomic E-state index is 0.0141. The van der Waals surface area contributed by atoms with Gasteiger partial charge >= 0.3 is 17.8 Å². The first kappa shape index (κ1) is 27.9. The fourth-order valence-corrected chi connectivity index (χ4v) is 4.26. The predicted octanol–water partition coefficient (Wildman–Crippen LogP) is 3.87. The maximum atomic E-state index is 13.7. The quantitative estimate of drug-likeness (QED) is 0.440. The van der Waals surface area contributed by atoms with Crippen molar-refractivity contribution in [3.05, 3.63) is 69.9 Å². The van der Waals surface area contributed by atoms with E-state index >= 15 is 0 Å². The zero-order valence-corrected chi connectivity index (χ0v) is 20.3.